The highest BCUT2D eigenvalue weighted by Gasteiger charge is 2.48. The molecule has 1 N–H and O–H groups in total. The Morgan fingerprint density at radius 1 is 1.00 bits per heavy atom. The Morgan fingerprint density at radius 3 is 2.41 bits per heavy atom. The molecule has 176 valence electrons. The number of carbonyl (C=O) groups excluding carboxylic acids is 2. The van der Waals surface area contributed by atoms with Crippen LogP contribution in [0.15, 0.2) is 66.7 Å². The van der Waals surface area contributed by atoms with Crippen LogP contribution < -0.4 is 10.1 Å². The van der Waals surface area contributed by atoms with Crippen LogP contribution >= 0.6 is 0 Å². The van der Waals surface area contributed by atoms with E-state index in [1.54, 1.807) is 12.0 Å². The average Bonchev–Trinajstić information content (AvgIpc) is 3.52. The van der Waals surface area contributed by atoms with Crippen LogP contribution in [-0.2, 0) is 17.9 Å². The van der Waals surface area contributed by atoms with Gasteiger partial charge in [0.25, 0.3) is 5.91 Å². The van der Waals surface area contributed by atoms with Crippen LogP contribution in [0.1, 0.15) is 48.7 Å². The van der Waals surface area contributed by atoms with E-state index in [4.69, 9.17) is 4.74 Å². The second-order valence-electron chi connectivity index (χ2n) is 9.49. The fourth-order valence-corrected chi connectivity index (χ4v) is 5.30. The third kappa shape index (κ3) is 3.87. The van der Waals surface area contributed by atoms with Crippen LogP contribution in [0.2, 0.25) is 0 Å². The number of carbonyl (C=O) groups is 2. The van der Waals surface area contributed by atoms with Gasteiger partial charge in [0.05, 0.1) is 20.2 Å². The second-order valence-corrected chi connectivity index (χ2v) is 9.49. The molecular formula is C28H31N3O3. The number of rotatable bonds is 6. The Kier molecular flexibility index (Phi) is 5.90. The van der Waals surface area contributed by atoms with E-state index < -0.39 is 5.54 Å². The highest BCUT2D eigenvalue weighted by molar-refractivity contribution is 6.00. The van der Waals surface area contributed by atoms with Gasteiger partial charge in [0.1, 0.15) is 17.0 Å². The maximum absolute atomic E-state index is 13.9. The van der Waals surface area contributed by atoms with Crippen molar-refractivity contribution in [1.29, 1.82) is 0 Å². The van der Waals surface area contributed by atoms with Gasteiger partial charge in [0.15, 0.2) is 0 Å². The molecule has 1 saturated carbocycles. The minimum absolute atomic E-state index is 0.0963. The van der Waals surface area contributed by atoms with Gasteiger partial charge in [0, 0.05) is 17.3 Å². The van der Waals surface area contributed by atoms with Gasteiger partial charge in [-0.2, -0.15) is 0 Å². The van der Waals surface area contributed by atoms with Crippen molar-refractivity contribution in [3.8, 4) is 17.0 Å². The number of fused-ring (bicyclic) bond motifs is 1. The zero-order chi connectivity index (χ0) is 23.7. The number of benzene rings is 2. The van der Waals surface area contributed by atoms with Crippen LogP contribution in [0.3, 0.4) is 0 Å². The number of para-hydroxylation sites is 1. The lowest BCUT2D eigenvalue weighted by molar-refractivity contribution is -0.133. The van der Waals surface area contributed by atoms with Crippen molar-refractivity contribution in [2.75, 3.05) is 7.11 Å². The molecular weight excluding hydrogens is 426 g/mol. The summed E-state index contributed by atoms with van der Waals surface area (Å²) < 4.78 is 7.55. The molecule has 0 spiro atoms. The first kappa shape index (κ1) is 22.3. The second kappa shape index (κ2) is 9.01. The van der Waals surface area contributed by atoms with E-state index in [0.717, 1.165) is 42.5 Å². The molecule has 0 saturated heterocycles. The molecule has 2 aromatic carbocycles. The summed E-state index contributed by atoms with van der Waals surface area (Å²) >= 11 is 0. The van der Waals surface area contributed by atoms with Gasteiger partial charge in [0.2, 0.25) is 5.91 Å². The zero-order valence-electron chi connectivity index (χ0n) is 19.8. The van der Waals surface area contributed by atoms with Crippen LogP contribution in [0, 0.1) is 0 Å². The number of ether oxygens (including phenoxy) is 1. The molecule has 2 heterocycles. The Balaban J connectivity index is 1.56. The van der Waals surface area contributed by atoms with Gasteiger partial charge in [-0.15, -0.1) is 0 Å². The first-order valence-electron chi connectivity index (χ1n) is 12.0. The number of nitrogens with one attached hydrogen (secondary N) is 1. The summed E-state index contributed by atoms with van der Waals surface area (Å²) in [6.45, 7) is 2.57. The number of methoxy groups -OCH3 is 1. The van der Waals surface area contributed by atoms with Gasteiger partial charge in [-0.3, -0.25) is 9.59 Å². The van der Waals surface area contributed by atoms with Crippen LogP contribution in [0.25, 0.3) is 11.3 Å². The van der Waals surface area contributed by atoms with Gasteiger partial charge in [-0.25, -0.2) is 0 Å². The van der Waals surface area contributed by atoms with Crippen LogP contribution in [0.5, 0.6) is 5.75 Å². The van der Waals surface area contributed by atoms with Crippen molar-refractivity contribution in [2.45, 2.75) is 57.3 Å². The summed E-state index contributed by atoms with van der Waals surface area (Å²) in [4.78, 5) is 29.4. The normalized spacial score (nSPS) is 20.3. The Morgan fingerprint density at radius 2 is 1.68 bits per heavy atom. The number of hydrogen-bond donors (Lipinski definition) is 1. The van der Waals surface area contributed by atoms with Gasteiger partial charge in [-0.1, -0.05) is 61.4 Å². The molecule has 0 radical (unpaired) electrons. The van der Waals surface area contributed by atoms with Gasteiger partial charge in [-0.05, 0) is 43.5 Å². The van der Waals surface area contributed by atoms with Gasteiger partial charge < -0.3 is 19.5 Å². The minimum atomic E-state index is -1.05. The third-order valence-electron chi connectivity index (χ3n) is 7.28. The molecule has 1 aliphatic heterocycles. The molecule has 2 aliphatic rings. The van der Waals surface area contributed by atoms with E-state index in [1.807, 2.05) is 78.2 Å². The fourth-order valence-electron chi connectivity index (χ4n) is 5.30. The molecule has 5 rings (SSSR count). The predicted octanol–water partition coefficient (Wildman–Crippen LogP) is 4.64. The van der Waals surface area contributed by atoms with Crippen molar-refractivity contribution >= 4 is 11.8 Å². The van der Waals surface area contributed by atoms with Crippen LogP contribution in [0.4, 0.5) is 0 Å². The Labute approximate surface area is 200 Å². The average molecular weight is 458 g/mol. The van der Waals surface area contributed by atoms with E-state index in [1.165, 1.54) is 0 Å². The molecule has 1 unspecified atom stereocenters. The molecule has 6 nitrogen and oxygen atoms in total. The largest absolute Gasteiger partial charge is 0.496 e. The molecule has 3 aromatic rings. The molecule has 1 aliphatic carbocycles. The molecule has 0 bridgehead atoms. The lowest BCUT2D eigenvalue weighted by Gasteiger charge is -2.45. The lowest BCUT2D eigenvalue weighted by Crippen LogP contribution is -2.64. The van der Waals surface area contributed by atoms with E-state index in [9.17, 15) is 9.59 Å². The summed E-state index contributed by atoms with van der Waals surface area (Å²) in [5.41, 5.74) is 2.40. The van der Waals surface area contributed by atoms with Crippen molar-refractivity contribution in [3.63, 3.8) is 0 Å². The number of amides is 2. The highest BCUT2D eigenvalue weighted by Crippen LogP contribution is 2.35. The molecule has 6 heteroatoms. The molecule has 2 amide bonds. The Bertz CT molecular complexity index is 1200. The quantitative estimate of drug-likeness (QED) is 0.587. The summed E-state index contributed by atoms with van der Waals surface area (Å²) in [6.07, 6.45) is 4.25. The first-order valence-corrected chi connectivity index (χ1v) is 12.0. The van der Waals surface area contributed by atoms with Crippen LogP contribution in [-0.4, -0.2) is 40.0 Å². The molecule has 34 heavy (non-hydrogen) atoms. The summed E-state index contributed by atoms with van der Waals surface area (Å²) in [6, 6.07) is 21.7. The molecule has 1 fully saturated rings. The first-order chi connectivity index (χ1) is 16.5. The maximum Gasteiger partial charge on any atom is 0.271 e. The van der Waals surface area contributed by atoms with Gasteiger partial charge >= 0.3 is 0 Å². The summed E-state index contributed by atoms with van der Waals surface area (Å²) in [5.74, 6) is 0.462. The predicted molar refractivity (Wildman–Crippen MR) is 132 cm³/mol. The number of hydrogen-bond acceptors (Lipinski definition) is 3. The van der Waals surface area contributed by atoms with E-state index >= 15 is 0 Å². The van der Waals surface area contributed by atoms with Crippen molar-refractivity contribution in [3.05, 3.63) is 78.0 Å². The molecule has 1 aromatic heterocycles. The number of aromatic nitrogens is 1. The number of nitrogens with zero attached hydrogens (tertiary/aromatic N) is 2. The zero-order valence-corrected chi connectivity index (χ0v) is 19.8. The topological polar surface area (TPSA) is 63.6 Å². The monoisotopic (exact) mass is 457 g/mol. The fraction of sp³-hybridized carbons (Fsp3) is 0.357. The third-order valence-corrected chi connectivity index (χ3v) is 7.28. The maximum atomic E-state index is 13.9. The molecule has 1 atom stereocenters. The highest BCUT2D eigenvalue weighted by atomic mass is 16.5. The summed E-state index contributed by atoms with van der Waals surface area (Å²) in [5, 5.41) is 3.26. The van der Waals surface area contributed by atoms with E-state index in [2.05, 4.69) is 5.32 Å². The smallest absolute Gasteiger partial charge is 0.271 e. The summed E-state index contributed by atoms with van der Waals surface area (Å²) in [7, 11) is 1.63. The van der Waals surface area contributed by atoms with Crippen molar-refractivity contribution < 1.29 is 14.3 Å². The SMILES string of the molecule is COc1ccccc1CN1C(=O)c2ccc(-c3ccccc3)n2CC1(C)C(=O)NC1CCCC1. The van der Waals surface area contributed by atoms with E-state index in [-0.39, 0.29) is 17.9 Å². The van der Waals surface area contributed by atoms with E-state index in [0.29, 0.717) is 24.5 Å². The Hall–Kier alpha value is -3.54. The minimum Gasteiger partial charge on any atom is -0.496 e. The standard InChI is InChI=1S/C28H31N3O3/c1-28(27(33)29-22-13-7-8-14-22)19-30-23(20-10-4-3-5-11-20)16-17-24(30)26(32)31(28)18-21-12-6-9-15-25(21)34-2/h3-6,9-12,15-17,22H,7-8,13-14,18-19H2,1-2H3,(H,29,33). The van der Waals surface area contributed by atoms with Crippen molar-refractivity contribution in [1.82, 2.24) is 14.8 Å². The lowest BCUT2D eigenvalue weighted by atomic mass is 9.93. The van der Waals surface area contributed by atoms with Crippen molar-refractivity contribution in [2.24, 2.45) is 0 Å².